The van der Waals surface area contributed by atoms with Gasteiger partial charge in [0.05, 0.1) is 11.5 Å². The predicted octanol–water partition coefficient (Wildman–Crippen LogP) is 3.25. The molecule has 20 heavy (non-hydrogen) atoms. The van der Waals surface area contributed by atoms with Gasteiger partial charge in [0, 0.05) is 18.6 Å². The number of halogens is 1. The summed E-state index contributed by atoms with van der Waals surface area (Å²) in [7, 11) is 1.88. The van der Waals surface area contributed by atoms with Crippen LogP contribution in [-0.4, -0.2) is 30.9 Å². The Bertz CT molecular complexity index is 483. The Kier molecular flexibility index (Phi) is 4.71. The summed E-state index contributed by atoms with van der Waals surface area (Å²) in [5.41, 5.74) is 0.756. The molecule has 1 amide bonds. The maximum absolute atomic E-state index is 12.9. The van der Waals surface area contributed by atoms with E-state index < -0.39 is 0 Å². The second kappa shape index (κ2) is 6.15. The fourth-order valence-corrected chi connectivity index (χ4v) is 3.25. The highest BCUT2D eigenvalue weighted by molar-refractivity contribution is 6.31. The Morgan fingerprint density at radius 2 is 2.20 bits per heavy atom. The van der Waals surface area contributed by atoms with Crippen LogP contribution in [0.15, 0.2) is 24.3 Å². The molecule has 1 aliphatic rings. The third kappa shape index (κ3) is 2.70. The zero-order chi connectivity index (χ0) is 14.8. The lowest BCUT2D eigenvalue weighted by atomic mass is 9.82. The van der Waals surface area contributed by atoms with Gasteiger partial charge in [-0.15, -0.1) is 0 Å². The second-order valence-electron chi connectivity index (χ2n) is 5.67. The molecular formula is C16H23ClN2O. The quantitative estimate of drug-likeness (QED) is 0.924. The van der Waals surface area contributed by atoms with E-state index in [-0.39, 0.29) is 17.4 Å². The van der Waals surface area contributed by atoms with E-state index in [1.165, 1.54) is 0 Å². The summed E-state index contributed by atoms with van der Waals surface area (Å²) in [6.07, 6.45) is 1.79. The van der Waals surface area contributed by atoms with Crippen molar-refractivity contribution in [2.24, 2.45) is 5.41 Å². The molecule has 0 bridgehead atoms. The Morgan fingerprint density at radius 1 is 1.50 bits per heavy atom. The summed E-state index contributed by atoms with van der Waals surface area (Å²) in [6, 6.07) is 7.72. The molecule has 1 aromatic rings. The van der Waals surface area contributed by atoms with Gasteiger partial charge in [0.2, 0.25) is 5.91 Å². The first-order valence-corrected chi connectivity index (χ1v) is 7.62. The van der Waals surface area contributed by atoms with Crippen LogP contribution < -0.4 is 5.32 Å². The minimum absolute atomic E-state index is 0.0137. The van der Waals surface area contributed by atoms with Crippen LogP contribution in [0.5, 0.6) is 0 Å². The molecule has 1 fully saturated rings. The molecule has 1 N–H and O–H groups in total. The van der Waals surface area contributed by atoms with Crippen LogP contribution in [0.4, 0.5) is 0 Å². The summed E-state index contributed by atoms with van der Waals surface area (Å²) in [6.45, 7) is 5.83. The van der Waals surface area contributed by atoms with Crippen LogP contribution in [0.1, 0.15) is 38.3 Å². The highest BCUT2D eigenvalue weighted by atomic mass is 35.5. The predicted molar refractivity (Wildman–Crippen MR) is 82.8 cm³/mol. The number of amides is 1. The largest absolute Gasteiger partial charge is 0.338 e. The molecular weight excluding hydrogens is 272 g/mol. The number of hydrogen-bond acceptors (Lipinski definition) is 2. The standard InChI is InChI=1S/C16H23ClN2O/c1-4-16(9-10-18-11-16)15(20)19(3)12(2)13-7-5-6-8-14(13)17/h5-8,12,18H,4,9-11H2,1-3H3. The molecule has 1 saturated heterocycles. The molecule has 0 spiro atoms. The summed E-state index contributed by atoms with van der Waals surface area (Å²) in [5.74, 6) is 0.220. The highest BCUT2D eigenvalue weighted by Gasteiger charge is 2.42. The zero-order valence-electron chi connectivity index (χ0n) is 12.4. The Balaban J connectivity index is 2.20. The van der Waals surface area contributed by atoms with Gasteiger partial charge in [0.25, 0.3) is 0 Å². The van der Waals surface area contributed by atoms with E-state index in [9.17, 15) is 4.79 Å². The molecule has 2 unspecified atom stereocenters. The molecule has 1 aliphatic heterocycles. The highest BCUT2D eigenvalue weighted by Crippen LogP contribution is 2.35. The van der Waals surface area contributed by atoms with Gasteiger partial charge in [-0.2, -0.15) is 0 Å². The van der Waals surface area contributed by atoms with Crippen LogP contribution in [-0.2, 0) is 4.79 Å². The fraction of sp³-hybridized carbons (Fsp3) is 0.562. The van der Waals surface area contributed by atoms with Crippen molar-refractivity contribution in [3.63, 3.8) is 0 Å². The maximum Gasteiger partial charge on any atom is 0.230 e. The molecule has 0 radical (unpaired) electrons. The third-order valence-electron chi connectivity index (χ3n) is 4.63. The van der Waals surface area contributed by atoms with Gasteiger partial charge in [-0.1, -0.05) is 36.7 Å². The monoisotopic (exact) mass is 294 g/mol. The topological polar surface area (TPSA) is 32.3 Å². The van der Waals surface area contributed by atoms with Gasteiger partial charge in [-0.3, -0.25) is 4.79 Å². The summed E-state index contributed by atoms with van der Waals surface area (Å²) in [5, 5.41) is 4.03. The van der Waals surface area contributed by atoms with Crippen molar-refractivity contribution in [1.82, 2.24) is 10.2 Å². The molecule has 1 heterocycles. The minimum Gasteiger partial charge on any atom is -0.338 e. The van der Waals surface area contributed by atoms with Gasteiger partial charge in [-0.05, 0) is 37.9 Å². The van der Waals surface area contributed by atoms with Crippen LogP contribution >= 0.6 is 11.6 Å². The first-order valence-electron chi connectivity index (χ1n) is 7.24. The number of nitrogens with zero attached hydrogens (tertiary/aromatic N) is 1. The molecule has 110 valence electrons. The number of rotatable bonds is 4. The normalized spacial score (nSPS) is 23.6. The van der Waals surface area contributed by atoms with Gasteiger partial charge >= 0.3 is 0 Å². The summed E-state index contributed by atoms with van der Waals surface area (Å²) in [4.78, 5) is 14.7. The van der Waals surface area contributed by atoms with Gasteiger partial charge < -0.3 is 10.2 Å². The van der Waals surface area contributed by atoms with Crippen molar-refractivity contribution in [3.05, 3.63) is 34.9 Å². The third-order valence-corrected chi connectivity index (χ3v) is 4.97. The molecule has 2 atom stereocenters. The summed E-state index contributed by atoms with van der Waals surface area (Å²) >= 11 is 6.25. The van der Waals surface area contributed by atoms with Crippen molar-refractivity contribution >= 4 is 17.5 Å². The van der Waals surface area contributed by atoms with Crippen molar-refractivity contribution in [3.8, 4) is 0 Å². The van der Waals surface area contributed by atoms with Crippen LogP contribution in [0.2, 0.25) is 5.02 Å². The molecule has 1 aromatic carbocycles. The Hall–Kier alpha value is -1.06. The first kappa shape index (κ1) is 15.3. The smallest absolute Gasteiger partial charge is 0.230 e. The fourth-order valence-electron chi connectivity index (χ4n) is 2.95. The van der Waals surface area contributed by atoms with E-state index in [2.05, 4.69) is 12.2 Å². The minimum atomic E-state index is -0.246. The molecule has 2 rings (SSSR count). The van der Waals surface area contributed by atoms with Gasteiger partial charge in [0.1, 0.15) is 0 Å². The Morgan fingerprint density at radius 3 is 2.75 bits per heavy atom. The van der Waals surface area contributed by atoms with E-state index in [1.54, 1.807) is 0 Å². The first-order chi connectivity index (χ1) is 9.52. The molecule has 0 aromatic heterocycles. The molecule has 0 saturated carbocycles. The van der Waals surface area contributed by atoms with Crippen molar-refractivity contribution < 1.29 is 4.79 Å². The summed E-state index contributed by atoms with van der Waals surface area (Å²) < 4.78 is 0. The lowest BCUT2D eigenvalue weighted by Gasteiger charge is -2.34. The van der Waals surface area contributed by atoms with Crippen molar-refractivity contribution in [1.29, 1.82) is 0 Å². The lowest BCUT2D eigenvalue weighted by Crippen LogP contribution is -2.44. The lowest BCUT2D eigenvalue weighted by molar-refractivity contribution is -0.142. The molecule has 0 aliphatic carbocycles. The Labute approximate surface area is 126 Å². The number of nitrogens with one attached hydrogen (secondary N) is 1. The number of benzene rings is 1. The average Bonchev–Trinajstić information content (AvgIpc) is 2.95. The number of hydrogen-bond donors (Lipinski definition) is 1. The van der Waals surface area contributed by atoms with E-state index in [0.29, 0.717) is 0 Å². The van der Waals surface area contributed by atoms with Crippen LogP contribution in [0, 0.1) is 5.41 Å². The number of carbonyl (C=O) groups excluding carboxylic acids is 1. The van der Waals surface area contributed by atoms with E-state index in [1.807, 2.05) is 43.1 Å². The van der Waals surface area contributed by atoms with E-state index >= 15 is 0 Å². The van der Waals surface area contributed by atoms with Crippen LogP contribution in [0.3, 0.4) is 0 Å². The van der Waals surface area contributed by atoms with Crippen LogP contribution in [0.25, 0.3) is 0 Å². The molecule has 3 nitrogen and oxygen atoms in total. The van der Waals surface area contributed by atoms with Crippen molar-refractivity contribution in [2.45, 2.75) is 32.7 Å². The number of carbonyl (C=O) groups is 1. The average molecular weight is 295 g/mol. The van der Waals surface area contributed by atoms with Crippen molar-refractivity contribution in [2.75, 3.05) is 20.1 Å². The molecule has 4 heteroatoms. The van der Waals surface area contributed by atoms with Gasteiger partial charge in [0.15, 0.2) is 0 Å². The second-order valence-corrected chi connectivity index (χ2v) is 6.08. The zero-order valence-corrected chi connectivity index (χ0v) is 13.2. The van der Waals surface area contributed by atoms with E-state index in [0.717, 1.165) is 36.5 Å². The maximum atomic E-state index is 12.9. The van der Waals surface area contributed by atoms with E-state index in [4.69, 9.17) is 11.6 Å². The van der Waals surface area contributed by atoms with Gasteiger partial charge in [-0.25, -0.2) is 0 Å². The SMILES string of the molecule is CCC1(C(=O)N(C)C(C)c2ccccc2Cl)CCNC1.